The topological polar surface area (TPSA) is 24.9 Å². The molecule has 0 aliphatic carbocycles. The maximum absolute atomic E-state index is 14.2. The Morgan fingerprint density at radius 3 is 2.70 bits per heavy atom. The molecule has 0 saturated heterocycles. The number of aryl methyl sites for hydroxylation is 1. The lowest BCUT2D eigenvalue weighted by molar-refractivity contribution is 0.543. The number of hydrogen-bond acceptors (Lipinski definition) is 2. The van der Waals surface area contributed by atoms with E-state index in [0.717, 1.165) is 28.7 Å². The molecule has 0 radical (unpaired) electrons. The summed E-state index contributed by atoms with van der Waals surface area (Å²) < 4.78 is 15.0. The molecule has 1 atom stereocenters. The van der Waals surface area contributed by atoms with E-state index in [-0.39, 0.29) is 11.9 Å². The van der Waals surface area contributed by atoms with Crippen molar-refractivity contribution in [3.8, 4) is 0 Å². The molecule has 20 heavy (non-hydrogen) atoms. The van der Waals surface area contributed by atoms with Crippen molar-refractivity contribution < 1.29 is 4.39 Å². The molecule has 1 unspecified atom stereocenters. The highest BCUT2D eigenvalue weighted by Crippen LogP contribution is 2.30. The molecule has 1 N–H and O–H groups in total. The summed E-state index contributed by atoms with van der Waals surface area (Å²) in [5, 5.41) is 3.39. The number of nitrogens with zero attached hydrogens (tertiary/aromatic N) is 1. The molecule has 4 heteroatoms. The van der Waals surface area contributed by atoms with Crippen LogP contribution < -0.4 is 5.32 Å². The van der Waals surface area contributed by atoms with E-state index in [4.69, 9.17) is 0 Å². The molecule has 0 saturated carbocycles. The number of aromatic nitrogens is 1. The minimum atomic E-state index is -0.214. The maximum Gasteiger partial charge on any atom is 0.129 e. The van der Waals surface area contributed by atoms with Crippen LogP contribution >= 0.6 is 15.9 Å². The summed E-state index contributed by atoms with van der Waals surface area (Å²) in [5.41, 5.74) is 2.55. The van der Waals surface area contributed by atoms with Crippen LogP contribution in [0.25, 0.3) is 0 Å². The standard InChI is InChI=1S/C16H18BrFN2/c1-3-9-19-16(12-8-7-11(2)20-10-12)15-13(17)5-4-6-14(15)18/h4-8,10,16,19H,3,9H2,1-2H3. The van der Waals surface area contributed by atoms with Crippen molar-refractivity contribution in [2.24, 2.45) is 0 Å². The highest BCUT2D eigenvalue weighted by Gasteiger charge is 2.20. The Labute approximate surface area is 127 Å². The van der Waals surface area contributed by atoms with Gasteiger partial charge in [-0.05, 0) is 43.7 Å². The van der Waals surface area contributed by atoms with Crippen molar-refractivity contribution >= 4 is 15.9 Å². The second-order valence-corrected chi connectivity index (χ2v) is 5.61. The number of nitrogens with one attached hydrogen (secondary N) is 1. The van der Waals surface area contributed by atoms with E-state index < -0.39 is 0 Å². The van der Waals surface area contributed by atoms with Crippen molar-refractivity contribution in [3.63, 3.8) is 0 Å². The van der Waals surface area contributed by atoms with E-state index in [0.29, 0.717) is 5.56 Å². The van der Waals surface area contributed by atoms with Gasteiger partial charge in [0.2, 0.25) is 0 Å². The quantitative estimate of drug-likeness (QED) is 0.876. The minimum absolute atomic E-state index is 0.196. The van der Waals surface area contributed by atoms with Crippen LogP contribution in [0.15, 0.2) is 41.0 Å². The van der Waals surface area contributed by atoms with Gasteiger partial charge in [-0.15, -0.1) is 0 Å². The van der Waals surface area contributed by atoms with Crippen LogP contribution in [0.3, 0.4) is 0 Å². The predicted octanol–water partition coefficient (Wildman–Crippen LogP) is 4.38. The Hall–Kier alpha value is -1.26. The Morgan fingerprint density at radius 1 is 1.30 bits per heavy atom. The van der Waals surface area contributed by atoms with E-state index in [1.807, 2.05) is 31.3 Å². The van der Waals surface area contributed by atoms with Gasteiger partial charge < -0.3 is 5.32 Å². The second-order valence-electron chi connectivity index (χ2n) is 4.76. The van der Waals surface area contributed by atoms with Crippen molar-refractivity contribution in [3.05, 3.63) is 63.6 Å². The summed E-state index contributed by atoms with van der Waals surface area (Å²) in [6, 6.07) is 8.80. The average molecular weight is 337 g/mol. The van der Waals surface area contributed by atoms with Gasteiger partial charge in [0.25, 0.3) is 0 Å². The predicted molar refractivity (Wildman–Crippen MR) is 83.2 cm³/mol. The number of rotatable bonds is 5. The fraction of sp³-hybridized carbons (Fsp3) is 0.312. The van der Waals surface area contributed by atoms with E-state index in [1.165, 1.54) is 6.07 Å². The number of benzene rings is 1. The molecule has 0 aliphatic rings. The molecule has 2 rings (SSSR count). The fourth-order valence-electron chi connectivity index (χ4n) is 2.11. The van der Waals surface area contributed by atoms with Gasteiger partial charge in [-0.1, -0.05) is 35.0 Å². The fourth-order valence-corrected chi connectivity index (χ4v) is 2.68. The molecule has 1 aromatic carbocycles. The smallest absolute Gasteiger partial charge is 0.129 e. The molecule has 106 valence electrons. The monoisotopic (exact) mass is 336 g/mol. The van der Waals surface area contributed by atoms with Gasteiger partial charge in [0.1, 0.15) is 5.82 Å². The maximum atomic E-state index is 14.2. The molecular formula is C16H18BrFN2. The third kappa shape index (κ3) is 3.44. The first-order valence-electron chi connectivity index (χ1n) is 6.73. The van der Waals surface area contributed by atoms with Crippen LogP contribution in [-0.4, -0.2) is 11.5 Å². The summed E-state index contributed by atoms with van der Waals surface area (Å²) in [6.07, 6.45) is 2.80. The molecule has 0 aliphatic heterocycles. The lowest BCUT2D eigenvalue weighted by atomic mass is 9.99. The third-order valence-electron chi connectivity index (χ3n) is 3.15. The van der Waals surface area contributed by atoms with Crippen molar-refractivity contribution in [1.29, 1.82) is 0 Å². The SMILES string of the molecule is CCCNC(c1ccc(C)nc1)c1c(F)cccc1Br. The Kier molecular flexibility index (Phi) is 5.26. The highest BCUT2D eigenvalue weighted by molar-refractivity contribution is 9.10. The van der Waals surface area contributed by atoms with Gasteiger partial charge in [0.15, 0.2) is 0 Å². The molecule has 0 amide bonds. The molecule has 1 heterocycles. The normalized spacial score (nSPS) is 12.4. The lowest BCUT2D eigenvalue weighted by Gasteiger charge is -2.21. The Balaban J connectivity index is 2.44. The molecule has 0 spiro atoms. The van der Waals surface area contributed by atoms with Crippen molar-refractivity contribution in [2.45, 2.75) is 26.3 Å². The largest absolute Gasteiger partial charge is 0.306 e. The van der Waals surface area contributed by atoms with Crippen LogP contribution in [0.1, 0.15) is 36.2 Å². The molecule has 1 aromatic heterocycles. The van der Waals surface area contributed by atoms with E-state index >= 15 is 0 Å². The molecule has 0 bridgehead atoms. The van der Waals surface area contributed by atoms with Crippen LogP contribution in [0, 0.1) is 12.7 Å². The Bertz CT molecular complexity index is 549. The second kappa shape index (κ2) is 6.95. The molecule has 2 aromatic rings. The van der Waals surface area contributed by atoms with Gasteiger partial charge in [0.05, 0.1) is 6.04 Å². The first kappa shape index (κ1) is 15.1. The van der Waals surface area contributed by atoms with Gasteiger partial charge in [0, 0.05) is 21.9 Å². The first-order valence-corrected chi connectivity index (χ1v) is 7.52. The van der Waals surface area contributed by atoms with Crippen LogP contribution in [0.4, 0.5) is 4.39 Å². The summed E-state index contributed by atoms with van der Waals surface area (Å²) in [7, 11) is 0. The third-order valence-corrected chi connectivity index (χ3v) is 3.85. The summed E-state index contributed by atoms with van der Waals surface area (Å²) >= 11 is 3.45. The zero-order valence-corrected chi connectivity index (χ0v) is 13.2. The molecular weight excluding hydrogens is 319 g/mol. The van der Waals surface area contributed by atoms with Crippen molar-refractivity contribution in [2.75, 3.05) is 6.54 Å². The number of pyridine rings is 1. The van der Waals surface area contributed by atoms with E-state index in [9.17, 15) is 4.39 Å². The molecule has 2 nitrogen and oxygen atoms in total. The zero-order chi connectivity index (χ0) is 14.5. The van der Waals surface area contributed by atoms with Gasteiger partial charge in [-0.25, -0.2) is 4.39 Å². The average Bonchev–Trinajstić information content (AvgIpc) is 2.43. The zero-order valence-electron chi connectivity index (χ0n) is 11.7. The van der Waals surface area contributed by atoms with Crippen LogP contribution in [0.2, 0.25) is 0 Å². The van der Waals surface area contributed by atoms with Gasteiger partial charge in [-0.2, -0.15) is 0 Å². The summed E-state index contributed by atoms with van der Waals surface area (Å²) in [6.45, 7) is 4.85. The number of halogens is 2. The lowest BCUT2D eigenvalue weighted by Crippen LogP contribution is -2.24. The Morgan fingerprint density at radius 2 is 2.10 bits per heavy atom. The number of hydrogen-bond donors (Lipinski definition) is 1. The van der Waals surface area contributed by atoms with Crippen LogP contribution in [0.5, 0.6) is 0 Å². The highest BCUT2D eigenvalue weighted by atomic mass is 79.9. The van der Waals surface area contributed by atoms with Gasteiger partial charge >= 0.3 is 0 Å². The van der Waals surface area contributed by atoms with Gasteiger partial charge in [-0.3, -0.25) is 4.98 Å². The minimum Gasteiger partial charge on any atom is -0.306 e. The van der Waals surface area contributed by atoms with Crippen molar-refractivity contribution in [1.82, 2.24) is 10.3 Å². The van der Waals surface area contributed by atoms with E-state index in [1.54, 1.807) is 6.07 Å². The van der Waals surface area contributed by atoms with E-state index in [2.05, 4.69) is 33.2 Å². The van der Waals surface area contributed by atoms with Crippen LogP contribution in [-0.2, 0) is 0 Å². The summed E-state index contributed by atoms with van der Waals surface area (Å²) in [5.74, 6) is -0.214. The summed E-state index contributed by atoms with van der Waals surface area (Å²) in [4.78, 5) is 4.32. The first-order chi connectivity index (χ1) is 9.63. The molecule has 0 fully saturated rings.